The highest BCUT2D eigenvalue weighted by atomic mass is 15.0. The first-order valence-electron chi connectivity index (χ1n) is 5.86. The molecule has 2 N–H and O–H groups in total. The van der Waals surface area contributed by atoms with E-state index in [1.807, 2.05) is 25.3 Å². The number of nitrogens with one attached hydrogen (secondary N) is 2. The van der Waals surface area contributed by atoms with E-state index in [1.165, 1.54) is 0 Å². The molecule has 0 aromatic carbocycles. The van der Waals surface area contributed by atoms with Crippen molar-refractivity contribution in [1.29, 1.82) is 0 Å². The van der Waals surface area contributed by atoms with Crippen LogP contribution in [0.5, 0.6) is 0 Å². The van der Waals surface area contributed by atoms with Crippen molar-refractivity contribution in [3.8, 4) is 0 Å². The van der Waals surface area contributed by atoms with Crippen molar-refractivity contribution in [3.05, 3.63) is 24.0 Å². The molecule has 0 aliphatic carbocycles. The third kappa shape index (κ3) is 2.64. The van der Waals surface area contributed by atoms with Crippen molar-refractivity contribution in [1.82, 2.24) is 19.9 Å². The Morgan fingerprint density at radius 1 is 1.06 bits per heavy atom. The quantitative estimate of drug-likeness (QED) is 0.621. The van der Waals surface area contributed by atoms with Gasteiger partial charge in [0.25, 0.3) is 0 Å². The molecule has 3 aromatic rings. The van der Waals surface area contributed by atoms with Gasteiger partial charge >= 0.3 is 0 Å². The Balaban J connectivity index is 0.000000239. The molecule has 90 valence electrons. The molecule has 0 saturated carbocycles. The third-order valence-electron chi connectivity index (χ3n) is 2.08. The maximum Gasteiger partial charge on any atom is 0.158 e. The number of nitrogens with zero attached hydrogens (tertiary/aromatic N) is 2. The highest BCUT2D eigenvalue weighted by molar-refractivity contribution is 5.83. The molecule has 0 atom stereocenters. The summed E-state index contributed by atoms with van der Waals surface area (Å²) < 4.78 is 0. The zero-order chi connectivity index (χ0) is 12.4. The van der Waals surface area contributed by atoms with E-state index in [1.54, 1.807) is 0 Å². The monoisotopic (exact) mass is 230 g/mol. The molecule has 0 unspecified atom stereocenters. The first kappa shape index (κ1) is 11.6. The first-order valence-corrected chi connectivity index (χ1v) is 5.86. The van der Waals surface area contributed by atoms with E-state index in [-0.39, 0.29) is 0 Å². The van der Waals surface area contributed by atoms with E-state index < -0.39 is 0 Å². The van der Waals surface area contributed by atoms with Gasteiger partial charge in [-0.3, -0.25) is 0 Å². The Kier molecular flexibility index (Phi) is 3.13. The average Bonchev–Trinajstić information content (AvgIpc) is 2.76. The lowest BCUT2D eigenvalue weighted by Crippen LogP contribution is -1.82. The second-order valence-electron chi connectivity index (χ2n) is 4.85. The van der Waals surface area contributed by atoms with Gasteiger partial charge in [0.05, 0.1) is 0 Å². The molecule has 0 radical (unpaired) electrons. The molecule has 0 fully saturated rings. The Hall–Kier alpha value is -1.84. The fraction of sp³-hybridized carbons (Fsp3) is 0.385. The van der Waals surface area contributed by atoms with Crippen molar-refractivity contribution < 1.29 is 0 Å². The predicted octanol–water partition coefficient (Wildman–Crippen LogP) is 3.41. The van der Waals surface area contributed by atoms with Gasteiger partial charge in [0.15, 0.2) is 11.3 Å². The summed E-state index contributed by atoms with van der Waals surface area (Å²) in [5.74, 6) is 0.833. The van der Waals surface area contributed by atoms with Crippen LogP contribution in [0.15, 0.2) is 18.3 Å². The van der Waals surface area contributed by atoms with Gasteiger partial charge in [-0.2, -0.15) is 0 Å². The molecule has 0 aliphatic heterocycles. The van der Waals surface area contributed by atoms with E-state index in [9.17, 15) is 0 Å². The van der Waals surface area contributed by atoms with E-state index in [2.05, 4.69) is 40.7 Å². The molecule has 17 heavy (non-hydrogen) atoms. The van der Waals surface area contributed by atoms with Crippen molar-refractivity contribution in [3.63, 3.8) is 0 Å². The number of aryl methyl sites for hydroxylation is 1. The van der Waals surface area contributed by atoms with Gasteiger partial charge in [-0.05, 0) is 25.0 Å². The lowest BCUT2D eigenvalue weighted by molar-refractivity contribution is 0.737. The normalized spacial score (nSPS) is 10.9. The van der Waals surface area contributed by atoms with Crippen LogP contribution in [0.2, 0.25) is 0 Å². The van der Waals surface area contributed by atoms with Crippen molar-refractivity contribution in [2.75, 3.05) is 0 Å². The molecule has 4 heteroatoms. The lowest BCUT2D eigenvalue weighted by Gasteiger charge is -1.88. The van der Waals surface area contributed by atoms with Crippen LogP contribution < -0.4 is 0 Å². The molecule has 0 bridgehead atoms. The number of aromatic amines is 2. The van der Waals surface area contributed by atoms with E-state index in [0.717, 1.165) is 33.9 Å². The Morgan fingerprint density at radius 2 is 1.76 bits per heavy atom. The summed E-state index contributed by atoms with van der Waals surface area (Å²) >= 11 is 0. The molecule has 0 spiro atoms. The van der Waals surface area contributed by atoms with Gasteiger partial charge in [0, 0.05) is 11.9 Å². The number of rotatable bonds is 0. The first-order chi connectivity index (χ1) is 8.06. The van der Waals surface area contributed by atoms with E-state index in [0.29, 0.717) is 0 Å². The number of hydrogen-bond donors (Lipinski definition) is 2. The minimum atomic E-state index is 0.828. The van der Waals surface area contributed by atoms with Crippen LogP contribution in [0.25, 0.3) is 22.3 Å². The molecule has 3 heterocycles. The third-order valence-corrected chi connectivity index (χ3v) is 2.08. The number of H-pyrrole nitrogens is 2. The number of fused-ring (bicyclic) bond motifs is 2. The zero-order valence-electron chi connectivity index (χ0n) is 10.7. The summed E-state index contributed by atoms with van der Waals surface area (Å²) in [5.41, 5.74) is 4.58. The van der Waals surface area contributed by atoms with Crippen LogP contribution in [0.1, 0.15) is 26.5 Å². The summed E-state index contributed by atoms with van der Waals surface area (Å²) in [6.45, 7) is 8.50. The largest absolute Gasteiger partial charge is 0.345 e. The summed E-state index contributed by atoms with van der Waals surface area (Å²) in [6.07, 6.45) is 1.84. The second-order valence-corrected chi connectivity index (χ2v) is 4.85. The average molecular weight is 230 g/mol. The van der Waals surface area contributed by atoms with Gasteiger partial charge in [0.1, 0.15) is 11.0 Å². The summed E-state index contributed by atoms with van der Waals surface area (Å²) in [6, 6.07) is 3.92. The summed E-state index contributed by atoms with van der Waals surface area (Å²) in [7, 11) is 0. The molecular formula is C13H18N4. The van der Waals surface area contributed by atoms with Gasteiger partial charge < -0.3 is 9.97 Å². The molecule has 0 aliphatic rings. The number of aromatic nitrogens is 4. The smallest absolute Gasteiger partial charge is 0.158 e. The summed E-state index contributed by atoms with van der Waals surface area (Å²) in [5, 5.41) is 0. The highest BCUT2D eigenvalue weighted by Gasteiger charge is 2.03. The van der Waals surface area contributed by atoms with E-state index in [4.69, 9.17) is 0 Å². The maximum absolute atomic E-state index is 4.43. The summed E-state index contributed by atoms with van der Waals surface area (Å²) in [4.78, 5) is 15.0. The van der Waals surface area contributed by atoms with Crippen LogP contribution >= 0.6 is 0 Å². The minimum Gasteiger partial charge on any atom is -0.345 e. The molecule has 3 rings (SSSR count). The molecule has 3 aromatic heterocycles. The van der Waals surface area contributed by atoms with Crippen LogP contribution in [-0.2, 0) is 0 Å². The van der Waals surface area contributed by atoms with Crippen LogP contribution in [0, 0.1) is 12.8 Å². The Labute approximate surface area is 100 Å². The van der Waals surface area contributed by atoms with Crippen molar-refractivity contribution >= 4 is 22.3 Å². The minimum absolute atomic E-state index is 0.828. The maximum atomic E-state index is 4.43. The predicted molar refractivity (Wildman–Crippen MR) is 71.0 cm³/mol. The van der Waals surface area contributed by atoms with Crippen LogP contribution in [0.3, 0.4) is 0 Å². The van der Waals surface area contributed by atoms with Gasteiger partial charge in [-0.1, -0.05) is 20.8 Å². The molecular weight excluding hydrogens is 212 g/mol. The van der Waals surface area contributed by atoms with E-state index >= 15 is 0 Å². The van der Waals surface area contributed by atoms with Gasteiger partial charge in [-0.25, -0.2) is 9.97 Å². The fourth-order valence-corrected chi connectivity index (χ4v) is 1.50. The van der Waals surface area contributed by atoms with Crippen molar-refractivity contribution in [2.45, 2.75) is 27.7 Å². The number of hydrogen-bond acceptors (Lipinski definition) is 2. The SMILES string of the molecule is CC(C)C.Cc1cc2nc3cc[nH]c3nc2[nH]1. The topological polar surface area (TPSA) is 57.4 Å². The molecule has 0 amide bonds. The highest BCUT2D eigenvalue weighted by Crippen LogP contribution is 2.14. The van der Waals surface area contributed by atoms with Gasteiger partial charge in [-0.15, -0.1) is 0 Å². The molecule has 4 nitrogen and oxygen atoms in total. The van der Waals surface area contributed by atoms with Crippen molar-refractivity contribution in [2.24, 2.45) is 5.92 Å². The van der Waals surface area contributed by atoms with Crippen LogP contribution in [0.4, 0.5) is 0 Å². The zero-order valence-corrected chi connectivity index (χ0v) is 10.7. The molecule has 0 saturated heterocycles. The fourth-order valence-electron chi connectivity index (χ4n) is 1.50. The second kappa shape index (κ2) is 4.57. The Bertz CT molecular complexity index is 568. The standard InChI is InChI=1S/C9H8N4.C4H10/c1-5-4-7-9(11-5)13-8-6(12-7)2-3-10-8;1-4(2)3/h2-4H,1H3,(H2,10,11,13);4H,1-3H3. The Morgan fingerprint density at radius 3 is 2.47 bits per heavy atom. The lowest BCUT2D eigenvalue weighted by atomic mass is 10.3. The van der Waals surface area contributed by atoms with Gasteiger partial charge in [0.2, 0.25) is 0 Å². The van der Waals surface area contributed by atoms with Crippen LogP contribution in [-0.4, -0.2) is 19.9 Å².